The lowest BCUT2D eigenvalue weighted by Crippen LogP contribution is -2.50. The Morgan fingerprint density at radius 1 is 0.511 bits per heavy atom. The van der Waals surface area contributed by atoms with E-state index in [-0.39, 0.29) is 12.5 Å². The Bertz CT molecular complexity index is 694. The van der Waals surface area contributed by atoms with Gasteiger partial charge in [0.25, 0.3) is 0 Å². The van der Waals surface area contributed by atoms with Crippen LogP contribution in [0.15, 0.2) is 24.3 Å². The molecule has 0 saturated carbocycles. The molecule has 0 aromatic rings. The molecule has 5 nitrogen and oxygen atoms in total. The van der Waals surface area contributed by atoms with Gasteiger partial charge in [0, 0.05) is 6.42 Å². The molecule has 5 heteroatoms. The third-order valence-electron chi connectivity index (χ3n) is 9.53. The van der Waals surface area contributed by atoms with Crippen LogP contribution in [0.1, 0.15) is 213 Å². The molecular weight excluding hydrogens is 582 g/mol. The highest BCUT2D eigenvalue weighted by Crippen LogP contribution is 2.15. The Hall–Kier alpha value is -1.17. The van der Waals surface area contributed by atoms with E-state index in [0.29, 0.717) is 12.8 Å². The van der Waals surface area contributed by atoms with E-state index in [0.717, 1.165) is 44.9 Å². The molecule has 4 N–H and O–H groups in total. The van der Waals surface area contributed by atoms with Gasteiger partial charge in [-0.15, -0.1) is 0 Å². The Morgan fingerprint density at radius 3 is 1.23 bits per heavy atom. The fourth-order valence-electron chi connectivity index (χ4n) is 6.27. The second kappa shape index (κ2) is 37.6. The number of hydrogen-bond donors (Lipinski definition) is 4. The topological polar surface area (TPSA) is 89.8 Å². The highest BCUT2D eigenvalue weighted by atomic mass is 16.3. The van der Waals surface area contributed by atoms with E-state index in [1.165, 1.54) is 141 Å². The Morgan fingerprint density at radius 2 is 0.851 bits per heavy atom. The van der Waals surface area contributed by atoms with E-state index in [2.05, 4.69) is 43.5 Å². The van der Waals surface area contributed by atoms with Crippen LogP contribution >= 0.6 is 0 Å². The van der Waals surface area contributed by atoms with Gasteiger partial charge in [0.15, 0.2) is 0 Å². The summed E-state index contributed by atoms with van der Waals surface area (Å²) in [5, 5.41) is 33.4. The van der Waals surface area contributed by atoms with E-state index < -0.39 is 18.2 Å². The first-order valence-electron chi connectivity index (χ1n) is 20.6. The highest BCUT2D eigenvalue weighted by Gasteiger charge is 2.26. The molecule has 0 fully saturated rings. The molecule has 0 saturated heterocycles. The van der Waals surface area contributed by atoms with E-state index >= 15 is 0 Å². The minimum atomic E-state index is -1.16. The molecule has 1 amide bonds. The van der Waals surface area contributed by atoms with Crippen molar-refractivity contribution < 1.29 is 20.1 Å². The average Bonchev–Trinajstić information content (AvgIpc) is 3.07. The number of allylic oxidation sites excluding steroid dienone is 4. The molecule has 0 heterocycles. The molecule has 0 aromatic carbocycles. The Kier molecular flexibility index (Phi) is 36.7. The minimum Gasteiger partial charge on any atom is -0.394 e. The lowest BCUT2D eigenvalue weighted by atomic mass is 10.0. The normalized spacial score (nSPS) is 13.9. The van der Waals surface area contributed by atoms with Crippen molar-refractivity contribution in [1.29, 1.82) is 0 Å². The zero-order valence-corrected chi connectivity index (χ0v) is 31.4. The summed E-state index contributed by atoms with van der Waals surface area (Å²) in [5.41, 5.74) is 0. The molecular formula is C42H81NO4. The summed E-state index contributed by atoms with van der Waals surface area (Å²) in [6, 6.07) is -0.831. The van der Waals surface area contributed by atoms with Gasteiger partial charge in [-0.2, -0.15) is 0 Å². The van der Waals surface area contributed by atoms with Crippen LogP contribution in [-0.2, 0) is 4.79 Å². The van der Waals surface area contributed by atoms with Crippen LogP contribution in [0.2, 0.25) is 0 Å². The number of amides is 1. The zero-order valence-electron chi connectivity index (χ0n) is 31.4. The molecule has 0 radical (unpaired) electrons. The van der Waals surface area contributed by atoms with Crippen LogP contribution in [0.25, 0.3) is 0 Å². The minimum absolute atomic E-state index is 0.171. The Balaban J connectivity index is 3.69. The second-order valence-corrected chi connectivity index (χ2v) is 14.2. The van der Waals surface area contributed by atoms with Gasteiger partial charge in [-0.3, -0.25) is 4.79 Å². The second-order valence-electron chi connectivity index (χ2n) is 14.2. The van der Waals surface area contributed by atoms with Crippen LogP contribution in [0, 0.1) is 0 Å². The van der Waals surface area contributed by atoms with Crippen molar-refractivity contribution in [3.8, 4) is 0 Å². The summed E-state index contributed by atoms with van der Waals surface area (Å²) < 4.78 is 0. The first kappa shape index (κ1) is 45.8. The number of aliphatic hydroxyl groups is 3. The number of rotatable bonds is 37. The van der Waals surface area contributed by atoms with Crippen LogP contribution < -0.4 is 5.32 Å². The van der Waals surface area contributed by atoms with Crippen LogP contribution in [0.5, 0.6) is 0 Å². The quantitative estimate of drug-likeness (QED) is 0.0393. The summed E-state index contributed by atoms with van der Waals surface area (Å²) in [4.78, 5) is 12.4. The molecule has 0 aliphatic rings. The van der Waals surface area contributed by atoms with Crippen LogP contribution in [-0.4, -0.2) is 46.1 Å². The average molecular weight is 664 g/mol. The maximum absolute atomic E-state index is 12.4. The summed E-state index contributed by atoms with van der Waals surface area (Å²) in [5.74, 6) is -0.171. The maximum atomic E-state index is 12.4. The van der Waals surface area contributed by atoms with Gasteiger partial charge >= 0.3 is 0 Å². The van der Waals surface area contributed by atoms with Crippen molar-refractivity contribution in [1.82, 2.24) is 5.32 Å². The van der Waals surface area contributed by atoms with Gasteiger partial charge in [0.05, 0.1) is 18.8 Å². The third-order valence-corrected chi connectivity index (χ3v) is 9.53. The van der Waals surface area contributed by atoms with Crippen molar-refractivity contribution >= 4 is 5.91 Å². The molecule has 0 spiro atoms. The molecule has 3 atom stereocenters. The Labute approximate surface area is 292 Å². The standard InChI is InChI=1S/C42H81NO4/c1-3-5-7-9-11-13-15-17-18-19-20-21-22-23-25-26-28-30-32-34-36-40(45)42(47)39(38-44)43-41(46)37-35-33-31-29-27-24-16-14-12-10-8-6-4-2/h24,27-28,30,39-40,42,44-45,47H,3-23,25-26,29,31-38H2,1-2H3,(H,43,46)/b27-24-,30-28+. The van der Waals surface area contributed by atoms with Crippen molar-refractivity contribution in [2.75, 3.05) is 6.61 Å². The first-order valence-corrected chi connectivity index (χ1v) is 20.6. The smallest absolute Gasteiger partial charge is 0.220 e. The lowest BCUT2D eigenvalue weighted by Gasteiger charge is -2.26. The van der Waals surface area contributed by atoms with Crippen molar-refractivity contribution in [2.45, 2.75) is 231 Å². The SMILES string of the molecule is CCCCCCCC/C=C\CCCCCC(=O)NC(CO)C(O)C(O)CCC/C=C/CCCCCCCCCCCCCCCCC. The van der Waals surface area contributed by atoms with Crippen LogP contribution in [0.3, 0.4) is 0 Å². The van der Waals surface area contributed by atoms with Gasteiger partial charge in [0.2, 0.25) is 5.91 Å². The first-order chi connectivity index (χ1) is 23.1. The molecule has 0 aliphatic carbocycles. The van der Waals surface area contributed by atoms with Crippen molar-refractivity contribution in [3.05, 3.63) is 24.3 Å². The summed E-state index contributed by atoms with van der Waals surface area (Å²) in [6.07, 6.45) is 44.3. The van der Waals surface area contributed by atoms with Gasteiger partial charge in [-0.25, -0.2) is 0 Å². The van der Waals surface area contributed by atoms with E-state index in [9.17, 15) is 20.1 Å². The fourth-order valence-corrected chi connectivity index (χ4v) is 6.27. The predicted molar refractivity (Wildman–Crippen MR) is 204 cm³/mol. The lowest BCUT2D eigenvalue weighted by molar-refractivity contribution is -0.124. The van der Waals surface area contributed by atoms with Crippen molar-refractivity contribution in [3.63, 3.8) is 0 Å². The number of aliphatic hydroxyl groups excluding tert-OH is 3. The summed E-state index contributed by atoms with van der Waals surface area (Å²) >= 11 is 0. The summed E-state index contributed by atoms with van der Waals surface area (Å²) in [6.45, 7) is 4.15. The molecule has 3 unspecified atom stereocenters. The third kappa shape index (κ3) is 33.1. The van der Waals surface area contributed by atoms with E-state index in [1.54, 1.807) is 0 Å². The number of unbranched alkanes of at least 4 members (excludes halogenated alkanes) is 25. The number of carbonyl (C=O) groups excluding carboxylic acids is 1. The van der Waals surface area contributed by atoms with Crippen LogP contribution in [0.4, 0.5) is 0 Å². The van der Waals surface area contributed by atoms with Gasteiger partial charge in [-0.05, 0) is 64.2 Å². The molecule has 47 heavy (non-hydrogen) atoms. The largest absolute Gasteiger partial charge is 0.394 e. The highest BCUT2D eigenvalue weighted by molar-refractivity contribution is 5.76. The predicted octanol–water partition coefficient (Wildman–Crippen LogP) is 11.4. The zero-order chi connectivity index (χ0) is 34.5. The summed E-state index contributed by atoms with van der Waals surface area (Å²) in [7, 11) is 0. The van der Waals surface area contributed by atoms with E-state index in [1.807, 2.05) is 0 Å². The molecule has 278 valence electrons. The molecule has 0 aromatic heterocycles. The van der Waals surface area contributed by atoms with Gasteiger partial charge in [0.1, 0.15) is 6.10 Å². The number of carbonyl (C=O) groups is 1. The maximum Gasteiger partial charge on any atom is 0.220 e. The molecule has 0 bridgehead atoms. The van der Waals surface area contributed by atoms with Crippen molar-refractivity contribution in [2.24, 2.45) is 0 Å². The number of hydrogen-bond acceptors (Lipinski definition) is 4. The molecule has 0 aliphatic heterocycles. The van der Waals surface area contributed by atoms with Gasteiger partial charge < -0.3 is 20.6 Å². The monoisotopic (exact) mass is 664 g/mol. The fraction of sp³-hybridized carbons (Fsp3) is 0.881. The van der Waals surface area contributed by atoms with E-state index in [4.69, 9.17) is 0 Å². The van der Waals surface area contributed by atoms with Gasteiger partial charge in [-0.1, -0.05) is 167 Å². The molecule has 0 rings (SSSR count). The number of nitrogens with one attached hydrogen (secondary N) is 1.